The number of esters is 1. The van der Waals surface area contributed by atoms with Gasteiger partial charge >= 0.3 is 5.97 Å². The maximum atomic E-state index is 13.0. The number of thiol groups is 1. The topological polar surface area (TPSA) is 26.3 Å². The van der Waals surface area contributed by atoms with E-state index >= 15 is 0 Å². The summed E-state index contributed by atoms with van der Waals surface area (Å²) in [5, 5.41) is 0. The van der Waals surface area contributed by atoms with Gasteiger partial charge in [-0.2, -0.15) is 12.6 Å². The van der Waals surface area contributed by atoms with Crippen LogP contribution in [0.15, 0.2) is 24.3 Å². The second-order valence-electron chi connectivity index (χ2n) is 2.73. The van der Waals surface area contributed by atoms with Crippen LogP contribution in [0.25, 0.3) is 0 Å². The first-order chi connectivity index (χ1) is 6.74. The summed E-state index contributed by atoms with van der Waals surface area (Å²) in [5.74, 6) is -0.273. The first-order valence-electron chi connectivity index (χ1n) is 4.24. The number of benzene rings is 1. The molecule has 4 heteroatoms. The van der Waals surface area contributed by atoms with Crippen molar-refractivity contribution in [2.75, 3.05) is 5.75 Å². The van der Waals surface area contributed by atoms with Gasteiger partial charge in [-0.1, -0.05) is 18.2 Å². The lowest BCUT2D eigenvalue weighted by Crippen LogP contribution is -2.05. The molecule has 0 N–H and O–H groups in total. The fraction of sp³-hybridized carbons (Fsp3) is 0.300. The molecule has 1 aromatic carbocycles. The van der Waals surface area contributed by atoms with Crippen LogP contribution in [0.5, 0.6) is 0 Å². The summed E-state index contributed by atoms with van der Waals surface area (Å²) >= 11 is 3.89. The molecule has 0 amide bonds. The summed E-state index contributed by atoms with van der Waals surface area (Å²) in [5.41, 5.74) is 0.389. The first-order valence-corrected chi connectivity index (χ1v) is 4.87. The van der Waals surface area contributed by atoms with Gasteiger partial charge in [-0.3, -0.25) is 4.79 Å². The molecular weight excluding hydrogens is 203 g/mol. The minimum Gasteiger partial charge on any atom is -0.461 e. The molecule has 0 saturated carbocycles. The summed E-state index contributed by atoms with van der Waals surface area (Å²) < 4.78 is 17.8. The van der Waals surface area contributed by atoms with Gasteiger partial charge in [0.2, 0.25) is 0 Å². The van der Waals surface area contributed by atoms with Gasteiger partial charge in [0, 0.05) is 11.3 Å². The highest BCUT2D eigenvalue weighted by atomic mass is 32.1. The molecule has 0 bridgehead atoms. The van der Waals surface area contributed by atoms with Gasteiger partial charge in [-0.15, -0.1) is 0 Å². The molecule has 0 spiro atoms. The number of carbonyl (C=O) groups is 1. The van der Waals surface area contributed by atoms with Crippen LogP contribution >= 0.6 is 12.6 Å². The standard InChI is InChI=1S/C10H11FO2S/c11-9-4-2-1-3-8(9)7-13-10(12)5-6-14/h1-4,14H,5-7H2. The Bertz CT molecular complexity index is 315. The van der Waals surface area contributed by atoms with E-state index in [0.29, 0.717) is 11.3 Å². The summed E-state index contributed by atoms with van der Waals surface area (Å²) in [6, 6.07) is 6.21. The Morgan fingerprint density at radius 1 is 1.43 bits per heavy atom. The van der Waals surface area contributed by atoms with Gasteiger partial charge in [0.1, 0.15) is 12.4 Å². The van der Waals surface area contributed by atoms with Crippen molar-refractivity contribution < 1.29 is 13.9 Å². The van der Waals surface area contributed by atoms with Gasteiger partial charge < -0.3 is 4.74 Å². The minimum atomic E-state index is -0.358. The van der Waals surface area contributed by atoms with Crippen LogP contribution in [0.3, 0.4) is 0 Å². The molecule has 14 heavy (non-hydrogen) atoms. The van der Waals surface area contributed by atoms with E-state index in [0.717, 1.165) is 0 Å². The first kappa shape index (κ1) is 11.0. The molecule has 2 nitrogen and oxygen atoms in total. The number of hydrogen-bond acceptors (Lipinski definition) is 3. The lowest BCUT2D eigenvalue weighted by atomic mass is 10.2. The zero-order valence-electron chi connectivity index (χ0n) is 7.57. The highest BCUT2D eigenvalue weighted by molar-refractivity contribution is 7.80. The Morgan fingerprint density at radius 2 is 2.14 bits per heavy atom. The lowest BCUT2D eigenvalue weighted by molar-refractivity contribution is -0.144. The van der Waals surface area contributed by atoms with Crippen molar-refractivity contribution in [1.82, 2.24) is 0 Å². The Hall–Kier alpha value is -1.03. The van der Waals surface area contributed by atoms with E-state index in [1.807, 2.05) is 0 Å². The number of carbonyl (C=O) groups excluding carboxylic acids is 1. The lowest BCUT2D eigenvalue weighted by Gasteiger charge is -2.04. The molecule has 0 aliphatic rings. The van der Waals surface area contributed by atoms with E-state index in [9.17, 15) is 9.18 Å². The SMILES string of the molecule is O=C(CCS)OCc1ccccc1F. The molecule has 1 aromatic rings. The molecule has 0 saturated heterocycles. The van der Waals surface area contributed by atoms with Crippen molar-refractivity contribution in [3.05, 3.63) is 35.6 Å². The van der Waals surface area contributed by atoms with Crippen molar-refractivity contribution in [2.24, 2.45) is 0 Å². The van der Waals surface area contributed by atoms with Crippen LogP contribution < -0.4 is 0 Å². The van der Waals surface area contributed by atoms with Crippen molar-refractivity contribution >= 4 is 18.6 Å². The third-order valence-corrected chi connectivity index (χ3v) is 1.89. The fourth-order valence-corrected chi connectivity index (χ4v) is 1.12. The van der Waals surface area contributed by atoms with E-state index in [1.165, 1.54) is 6.07 Å². The maximum Gasteiger partial charge on any atom is 0.306 e. The van der Waals surface area contributed by atoms with Gasteiger partial charge in [0.15, 0.2) is 0 Å². The predicted octanol–water partition coefficient (Wildman–Crippen LogP) is 2.19. The van der Waals surface area contributed by atoms with E-state index in [2.05, 4.69) is 12.6 Å². The minimum absolute atomic E-state index is 0.0146. The van der Waals surface area contributed by atoms with Crippen LogP contribution in [-0.2, 0) is 16.1 Å². The van der Waals surface area contributed by atoms with E-state index < -0.39 is 0 Å². The van der Waals surface area contributed by atoms with Crippen molar-refractivity contribution in [3.8, 4) is 0 Å². The van der Waals surface area contributed by atoms with E-state index in [1.54, 1.807) is 18.2 Å². The van der Waals surface area contributed by atoms with Crippen LogP contribution in [0.2, 0.25) is 0 Å². The van der Waals surface area contributed by atoms with Gasteiger partial charge in [-0.05, 0) is 6.07 Å². The largest absolute Gasteiger partial charge is 0.461 e. The predicted molar refractivity (Wildman–Crippen MR) is 54.7 cm³/mol. The Kier molecular flexibility index (Phi) is 4.46. The summed E-state index contributed by atoms with van der Waals surface area (Å²) in [6.45, 7) is -0.0146. The van der Waals surface area contributed by atoms with Gasteiger partial charge in [0.25, 0.3) is 0 Å². The van der Waals surface area contributed by atoms with Crippen LogP contribution in [-0.4, -0.2) is 11.7 Å². The highest BCUT2D eigenvalue weighted by Gasteiger charge is 2.04. The average molecular weight is 214 g/mol. The van der Waals surface area contributed by atoms with Crippen molar-refractivity contribution in [3.63, 3.8) is 0 Å². The molecule has 1 rings (SSSR count). The molecule has 0 aliphatic heterocycles. The van der Waals surface area contributed by atoms with Crippen LogP contribution in [0, 0.1) is 5.82 Å². The number of rotatable bonds is 4. The Balaban J connectivity index is 2.46. The second kappa shape index (κ2) is 5.65. The molecule has 0 radical (unpaired) electrons. The van der Waals surface area contributed by atoms with Crippen molar-refractivity contribution in [1.29, 1.82) is 0 Å². The van der Waals surface area contributed by atoms with Crippen molar-refractivity contribution in [2.45, 2.75) is 13.0 Å². The number of halogens is 1. The van der Waals surface area contributed by atoms with E-state index in [-0.39, 0.29) is 24.8 Å². The average Bonchev–Trinajstić information content (AvgIpc) is 2.17. The zero-order valence-corrected chi connectivity index (χ0v) is 8.47. The number of ether oxygens (including phenoxy) is 1. The molecule has 0 aliphatic carbocycles. The molecule has 0 fully saturated rings. The third kappa shape index (κ3) is 3.38. The zero-order chi connectivity index (χ0) is 10.4. The van der Waals surface area contributed by atoms with Gasteiger partial charge in [0.05, 0.1) is 6.42 Å². The van der Waals surface area contributed by atoms with Crippen LogP contribution in [0.1, 0.15) is 12.0 Å². The normalized spacial score (nSPS) is 9.86. The molecule has 0 heterocycles. The molecule has 0 aromatic heterocycles. The van der Waals surface area contributed by atoms with Gasteiger partial charge in [-0.25, -0.2) is 4.39 Å². The molecular formula is C10H11FO2S. The second-order valence-corrected chi connectivity index (χ2v) is 3.17. The van der Waals surface area contributed by atoms with E-state index in [4.69, 9.17) is 4.74 Å². The Morgan fingerprint density at radius 3 is 2.79 bits per heavy atom. The smallest absolute Gasteiger partial charge is 0.306 e. The van der Waals surface area contributed by atoms with Crippen LogP contribution in [0.4, 0.5) is 4.39 Å². The monoisotopic (exact) mass is 214 g/mol. The Labute approximate surface area is 87.5 Å². The summed E-state index contributed by atoms with van der Waals surface area (Å²) in [6.07, 6.45) is 0.248. The quantitative estimate of drug-likeness (QED) is 0.614. The fourth-order valence-electron chi connectivity index (χ4n) is 0.937. The maximum absolute atomic E-state index is 13.0. The molecule has 0 atom stereocenters. The summed E-state index contributed by atoms with van der Waals surface area (Å²) in [7, 11) is 0. The molecule has 76 valence electrons. The third-order valence-electron chi connectivity index (χ3n) is 1.66. The highest BCUT2D eigenvalue weighted by Crippen LogP contribution is 2.08. The summed E-state index contributed by atoms with van der Waals surface area (Å²) in [4.78, 5) is 10.9. The number of hydrogen-bond donors (Lipinski definition) is 1. The molecule has 0 unspecified atom stereocenters.